The molecule has 0 bridgehead atoms. The summed E-state index contributed by atoms with van der Waals surface area (Å²) in [4.78, 5) is 27.8. The van der Waals surface area contributed by atoms with Gasteiger partial charge in [-0.2, -0.15) is 0 Å². The van der Waals surface area contributed by atoms with Gasteiger partial charge in [-0.25, -0.2) is 9.79 Å². The van der Waals surface area contributed by atoms with Gasteiger partial charge in [0, 0.05) is 15.1 Å². The van der Waals surface area contributed by atoms with E-state index in [1.807, 2.05) is 0 Å². The van der Waals surface area contributed by atoms with E-state index in [-0.39, 0.29) is 5.91 Å². The zero-order chi connectivity index (χ0) is 19.4. The first-order valence-electron chi connectivity index (χ1n) is 7.60. The van der Waals surface area contributed by atoms with Crippen LogP contribution in [0.2, 0.25) is 5.02 Å². The van der Waals surface area contributed by atoms with Crippen LogP contribution in [0, 0.1) is 0 Å². The number of thioether (sulfide) groups is 1. The Morgan fingerprint density at radius 2 is 2.15 bits per heavy atom. The maximum absolute atomic E-state index is 12.2. The van der Waals surface area contributed by atoms with E-state index < -0.39 is 12.6 Å². The maximum Gasteiger partial charge on any atom is 0.341 e. The van der Waals surface area contributed by atoms with Crippen molar-refractivity contribution in [2.24, 2.45) is 4.99 Å². The summed E-state index contributed by atoms with van der Waals surface area (Å²) in [6.45, 7) is -0.479. The second-order valence-corrected chi connectivity index (χ2v) is 7.71. The quantitative estimate of drug-likeness (QED) is 0.634. The summed E-state index contributed by atoms with van der Waals surface area (Å²) in [6, 6.07) is 12.1. The van der Waals surface area contributed by atoms with Crippen molar-refractivity contribution in [3.8, 4) is 5.75 Å². The van der Waals surface area contributed by atoms with Crippen LogP contribution in [0.3, 0.4) is 0 Å². The lowest BCUT2D eigenvalue weighted by Crippen LogP contribution is -2.19. The van der Waals surface area contributed by atoms with Crippen molar-refractivity contribution < 1.29 is 19.4 Å². The highest BCUT2D eigenvalue weighted by molar-refractivity contribution is 9.10. The fraction of sp³-hybridized carbons (Fsp3) is 0.0556. The third-order valence-corrected chi connectivity index (χ3v) is 4.94. The summed E-state index contributed by atoms with van der Waals surface area (Å²) < 4.78 is 6.03. The van der Waals surface area contributed by atoms with Gasteiger partial charge >= 0.3 is 5.97 Å². The van der Waals surface area contributed by atoms with E-state index in [1.165, 1.54) is 11.8 Å². The third kappa shape index (κ3) is 5.35. The Hall–Kier alpha value is -2.29. The third-order valence-electron chi connectivity index (χ3n) is 3.30. The van der Waals surface area contributed by atoms with E-state index in [9.17, 15) is 9.59 Å². The van der Waals surface area contributed by atoms with Crippen LogP contribution in [-0.4, -0.2) is 28.8 Å². The van der Waals surface area contributed by atoms with Crippen LogP contribution in [0.25, 0.3) is 6.08 Å². The average Bonchev–Trinajstić information content (AvgIpc) is 2.94. The second-order valence-electron chi connectivity index (χ2n) is 5.33. The summed E-state index contributed by atoms with van der Waals surface area (Å²) in [5, 5.41) is 12.5. The molecule has 0 saturated carbocycles. The Balaban J connectivity index is 1.85. The summed E-state index contributed by atoms with van der Waals surface area (Å²) in [5.41, 5.74) is 1.21. The number of nitrogens with one attached hydrogen (secondary N) is 1. The number of halogens is 2. The van der Waals surface area contributed by atoms with Crippen molar-refractivity contribution >= 4 is 68.1 Å². The van der Waals surface area contributed by atoms with Gasteiger partial charge in [0.1, 0.15) is 5.75 Å². The number of aliphatic carboxylic acids is 1. The van der Waals surface area contributed by atoms with Crippen molar-refractivity contribution in [1.82, 2.24) is 5.32 Å². The zero-order valence-electron chi connectivity index (χ0n) is 13.6. The van der Waals surface area contributed by atoms with Crippen LogP contribution in [0.4, 0.5) is 5.69 Å². The molecule has 2 N–H and O–H groups in total. The summed E-state index contributed by atoms with van der Waals surface area (Å²) in [5.74, 6) is -1.03. The number of nitrogens with zero attached hydrogens (tertiary/aromatic N) is 1. The molecule has 1 fully saturated rings. The number of hydrogen-bond acceptors (Lipinski definition) is 5. The smallest absolute Gasteiger partial charge is 0.341 e. The molecule has 27 heavy (non-hydrogen) atoms. The highest BCUT2D eigenvalue weighted by Crippen LogP contribution is 2.32. The minimum atomic E-state index is -1.09. The number of benzene rings is 2. The van der Waals surface area contributed by atoms with E-state index in [0.717, 1.165) is 4.47 Å². The maximum atomic E-state index is 12.2. The number of carboxylic acids is 1. The molecule has 6 nitrogen and oxygen atoms in total. The topological polar surface area (TPSA) is 88.0 Å². The Labute approximate surface area is 172 Å². The molecular formula is C18H12BrClN2O4S. The Kier molecular flexibility index (Phi) is 6.20. The molecule has 138 valence electrons. The van der Waals surface area contributed by atoms with Crippen molar-refractivity contribution in [2.45, 2.75) is 0 Å². The number of carbonyl (C=O) groups is 2. The van der Waals surface area contributed by atoms with E-state index in [2.05, 4.69) is 26.2 Å². The number of hydrogen-bond donors (Lipinski definition) is 2. The first-order valence-corrected chi connectivity index (χ1v) is 9.59. The summed E-state index contributed by atoms with van der Waals surface area (Å²) in [7, 11) is 0. The van der Waals surface area contributed by atoms with Crippen molar-refractivity contribution in [3.63, 3.8) is 0 Å². The van der Waals surface area contributed by atoms with Crippen molar-refractivity contribution in [3.05, 3.63) is 62.4 Å². The van der Waals surface area contributed by atoms with Crippen molar-refractivity contribution in [1.29, 1.82) is 0 Å². The molecule has 0 spiro atoms. The molecule has 0 aliphatic carbocycles. The average molecular weight is 468 g/mol. The van der Waals surface area contributed by atoms with Crippen LogP contribution in [0.1, 0.15) is 5.56 Å². The van der Waals surface area contributed by atoms with Gasteiger partial charge in [-0.1, -0.05) is 39.7 Å². The molecular weight excluding hydrogens is 456 g/mol. The molecule has 9 heteroatoms. The molecule has 0 atom stereocenters. The lowest BCUT2D eigenvalue weighted by atomic mass is 10.2. The minimum absolute atomic E-state index is 0.298. The molecule has 2 aromatic carbocycles. The van der Waals surface area contributed by atoms with E-state index in [1.54, 1.807) is 48.5 Å². The number of aliphatic imine (C=N–C) groups is 1. The largest absolute Gasteiger partial charge is 0.481 e. The van der Waals surface area contributed by atoms with Crippen LogP contribution >= 0.6 is 39.3 Å². The number of amidine groups is 1. The predicted molar refractivity (Wildman–Crippen MR) is 110 cm³/mol. The van der Waals surface area contributed by atoms with Crippen molar-refractivity contribution in [2.75, 3.05) is 6.61 Å². The molecule has 2 aromatic rings. The number of rotatable bonds is 5. The predicted octanol–water partition coefficient (Wildman–Crippen LogP) is 4.46. The minimum Gasteiger partial charge on any atom is -0.481 e. The molecule has 1 amide bonds. The van der Waals surface area contributed by atoms with Gasteiger partial charge in [-0.15, -0.1) is 0 Å². The molecule has 0 unspecified atom stereocenters. The lowest BCUT2D eigenvalue weighted by molar-refractivity contribution is -0.139. The highest BCUT2D eigenvalue weighted by atomic mass is 79.9. The van der Waals surface area contributed by atoms with E-state index in [0.29, 0.717) is 32.1 Å². The van der Waals surface area contributed by atoms with Gasteiger partial charge in [0.2, 0.25) is 0 Å². The van der Waals surface area contributed by atoms with Gasteiger partial charge in [0.05, 0.1) is 10.6 Å². The Morgan fingerprint density at radius 1 is 1.33 bits per heavy atom. The van der Waals surface area contributed by atoms with E-state index in [4.69, 9.17) is 21.4 Å². The molecule has 1 aliphatic heterocycles. The second kappa shape index (κ2) is 8.60. The molecule has 3 rings (SSSR count). The van der Waals surface area contributed by atoms with Crippen LogP contribution < -0.4 is 10.1 Å². The molecule has 0 radical (unpaired) electrons. The fourth-order valence-electron chi connectivity index (χ4n) is 2.18. The Bertz CT molecular complexity index is 978. The number of ether oxygens (including phenoxy) is 1. The molecule has 1 saturated heterocycles. The number of carbonyl (C=O) groups excluding carboxylic acids is 1. The van der Waals surface area contributed by atoms with Crippen LogP contribution in [0.5, 0.6) is 5.75 Å². The lowest BCUT2D eigenvalue weighted by Gasteiger charge is -2.08. The molecule has 0 aromatic heterocycles. The van der Waals surface area contributed by atoms with Crippen LogP contribution in [0.15, 0.2) is 56.8 Å². The first kappa shape index (κ1) is 19.5. The molecule has 1 heterocycles. The Morgan fingerprint density at radius 3 is 2.89 bits per heavy atom. The number of carboxylic acid groups (broad SMARTS) is 1. The summed E-state index contributed by atoms with van der Waals surface area (Å²) >= 11 is 10.4. The normalized spacial score (nSPS) is 16.6. The SMILES string of the molecule is O=C(O)COc1cc(Br)ccc1/C=C1/SC(=Nc2cccc(Cl)c2)NC1=O. The van der Waals surface area contributed by atoms with E-state index >= 15 is 0 Å². The van der Waals surface area contributed by atoms with Gasteiger partial charge in [-0.3, -0.25) is 4.79 Å². The zero-order valence-corrected chi connectivity index (χ0v) is 16.8. The molecule has 1 aliphatic rings. The van der Waals surface area contributed by atoms with Crippen LogP contribution in [-0.2, 0) is 9.59 Å². The fourth-order valence-corrected chi connectivity index (χ4v) is 3.53. The number of amides is 1. The summed E-state index contributed by atoms with van der Waals surface area (Å²) in [6.07, 6.45) is 1.63. The highest BCUT2D eigenvalue weighted by Gasteiger charge is 2.24. The van der Waals surface area contributed by atoms with Gasteiger partial charge in [0.25, 0.3) is 5.91 Å². The van der Waals surface area contributed by atoms with Gasteiger partial charge in [0.15, 0.2) is 11.8 Å². The standard InChI is InChI=1S/C18H12BrClN2O4S/c19-11-5-4-10(14(7-11)26-9-16(23)24)6-15-17(25)22-18(27-15)21-13-3-1-2-12(20)8-13/h1-8H,9H2,(H,23,24)(H,21,22,25)/b15-6+. The van der Waals surface area contributed by atoms with Gasteiger partial charge in [-0.05, 0) is 48.2 Å². The van der Waals surface area contributed by atoms with Gasteiger partial charge < -0.3 is 15.2 Å². The monoisotopic (exact) mass is 466 g/mol. The first-order chi connectivity index (χ1) is 12.9.